The molecule has 8 heteroatoms. The number of ether oxygens (including phenoxy) is 1. The maximum absolute atomic E-state index is 12.7. The van der Waals surface area contributed by atoms with E-state index in [0.29, 0.717) is 22.1 Å². The van der Waals surface area contributed by atoms with E-state index in [1.165, 1.54) is 7.11 Å². The molecule has 3 rings (SSSR count). The molecule has 1 heterocycles. The molecule has 0 aliphatic rings. The van der Waals surface area contributed by atoms with Gasteiger partial charge in [0.2, 0.25) is 5.95 Å². The highest BCUT2D eigenvalue weighted by Crippen LogP contribution is 2.23. The van der Waals surface area contributed by atoms with E-state index >= 15 is 0 Å². The summed E-state index contributed by atoms with van der Waals surface area (Å²) in [4.78, 5) is 33.1. The van der Waals surface area contributed by atoms with Crippen molar-refractivity contribution in [1.82, 2.24) is 9.97 Å². The second kappa shape index (κ2) is 8.49. The minimum absolute atomic E-state index is 0.140. The van der Waals surface area contributed by atoms with Crippen molar-refractivity contribution in [3.8, 4) is 0 Å². The lowest BCUT2D eigenvalue weighted by molar-refractivity contribution is 0.0602. The molecule has 0 aliphatic heterocycles. The van der Waals surface area contributed by atoms with Crippen molar-refractivity contribution >= 4 is 40.8 Å². The van der Waals surface area contributed by atoms with Crippen molar-refractivity contribution in [3.63, 3.8) is 0 Å². The van der Waals surface area contributed by atoms with Gasteiger partial charge >= 0.3 is 5.97 Å². The maximum atomic E-state index is 12.7. The van der Waals surface area contributed by atoms with Crippen molar-refractivity contribution in [2.75, 3.05) is 17.7 Å². The molecule has 0 spiro atoms. The average Bonchev–Trinajstić information content (AvgIpc) is 2.69. The van der Waals surface area contributed by atoms with Crippen LogP contribution < -0.4 is 10.6 Å². The van der Waals surface area contributed by atoms with Crippen LogP contribution in [-0.2, 0) is 4.74 Å². The number of hydrogen-bond donors (Lipinski definition) is 2. The topological polar surface area (TPSA) is 93.2 Å². The summed E-state index contributed by atoms with van der Waals surface area (Å²) in [6, 6.07) is 15.3. The van der Waals surface area contributed by atoms with E-state index in [2.05, 4.69) is 20.6 Å². The van der Waals surface area contributed by atoms with Crippen molar-refractivity contribution < 1.29 is 14.3 Å². The summed E-state index contributed by atoms with van der Waals surface area (Å²) in [5, 5.41) is 6.20. The predicted octanol–water partition coefficient (Wildman–Crippen LogP) is 4.22. The molecule has 28 heavy (non-hydrogen) atoms. The Labute approximate surface area is 166 Å². The molecule has 2 N–H and O–H groups in total. The van der Waals surface area contributed by atoms with Crippen LogP contribution in [0.3, 0.4) is 0 Å². The van der Waals surface area contributed by atoms with E-state index in [0.717, 1.165) is 0 Å². The SMILES string of the molecule is COC(=O)c1ccccc1NC(=O)c1cc(C)nc(Nc2ccccc2Cl)n1. The number of benzene rings is 2. The first-order chi connectivity index (χ1) is 13.5. The number of aryl methyl sites for hydroxylation is 1. The first kappa shape index (κ1) is 19.3. The number of carbonyl (C=O) groups excluding carboxylic acids is 2. The Bertz CT molecular complexity index is 1040. The van der Waals surface area contributed by atoms with Crippen LogP contribution in [-0.4, -0.2) is 29.0 Å². The number of nitrogens with zero attached hydrogens (tertiary/aromatic N) is 2. The molecule has 0 bridgehead atoms. The number of methoxy groups -OCH3 is 1. The zero-order chi connectivity index (χ0) is 20.1. The van der Waals surface area contributed by atoms with Crippen LogP contribution in [0.4, 0.5) is 17.3 Å². The van der Waals surface area contributed by atoms with Crippen molar-refractivity contribution in [1.29, 1.82) is 0 Å². The molecule has 1 amide bonds. The number of para-hydroxylation sites is 2. The molecule has 142 valence electrons. The van der Waals surface area contributed by atoms with Crippen LogP contribution in [0, 0.1) is 6.92 Å². The van der Waals surface area contributed by atoms with Crippen LogP contribution in [0.2, 0.25) is 5.02 Å². The highest BCUT2D eigenvalue weighted by molar-refractivity contribution is 6.33. The fourth-order valence-electron chi connectivity index (χ4n) is 2.49. The number of amides is 1. The minimum atomic E-state index is -0.546. The summed E-state index contributed by atoms with van der Waals surface area (Å²) in [7, 11) is 1.28. The molecule has 2 aromatic carbocycles. The number of hydrogen-bond acceptors (Lipinski definition) is 6. The monoisotopic (exact) mass is 396 g/mol. The van der Waals surface area contributed by atoms with E-state index in [1.54, 1.807) is 49.4 Å². The van der Waals surface area contributed by atoms with E-state index < -0.39 is 11.9 Å². The van der Waals surface area contributed by atoms with E-state index in [1.807, 2.05) is 12.1 Å². The van der Waals surface area contributed by atoms with Gasteiger partial charge < -0.3 is 15.4 Å². The predicted molar refractivity (Wildman–Crippen MR) is 107 cm³/mol. The molecule has 7 nitrogen and oxygen atoms in total. The zero-order valence-electron chi connectivity index (χ0n) is 15.2. The standard InChI is InChI=1S/C20H17ClN4O3/c1-12-11-17(25-20(22-12)24-16-10-6-4-8-14(16)21)18(26)23-15-9-5-3-7-13(15)19(27)28-2/h3-11H,1-2H3,(H,23,26)(H,22,24,25). The number of nitrogens with one attached hydrogen (secondary N) is 2. The van der Waals surface area contributed by atoms with Gasteiger partial charge in [-0.1, -0.05) is 35.9 Å². The number of anilines is 3. The lowest BCUT2D eigenvalue weighted by atomic mass is 10.1. The smallest absolute Gasteiger partial charge is 0.339 e. The van der Waals surface area contributed by atoms with Crippen molar-refractivity contribution in [3.05, 3.63) is 76.6 Å². The molecule has 0 radical (unpaired) electrons. The van der Waals surface area contributed by atoms with Crippen LogP contribution >= 0.6 is 11.6 Å². The van der Waals surface area contributed by atoms with Crippen LogP contribution in [0.15, 0.2) is 54.6 Å². The molecule has 0 saturated heterocycles. The fraction of sp³-hybridized carbons (Fsp3) is 0.100. The van der Waals surface area contributed by atoms with Crippen LogP contribution in [0.25, 0.3) is 0 Å². The fourth-order valence-corrected chi connectivity index (χ4v) is 2.67. The highest BCUT2D eigenvalue weighted by atomic mass is 35.5. The van der Waals surface area contributed by atoms with Gasteiger partial charge in [0, 0.05) is 5.69 Å². The highest BCUT2D eigenvalue weighted by Gasteiger charge is 2.16. The van der Waals surface area contributed by atoms with Gasteiger partial charge in [-0.3, -0.25) is 4.79 Å². The average molecular weight is 397 g/mol. The van der Waals surface area contributed by atoms with Crippen molar-refractivity contribution in [2.24, 2.45) is 0 Å². The third-order valence-corrected chi connectivity index (χ3v) is 4.12. The summed E-state index contributed by atoms with van der Waals surface area (Å²) in [5.41, 5.74) is 1.93. The molecule has 0 unspecified atom stereocenters. The molecular weight excluding hydrogens is 380 g/mol. The van der Waals surface area contributed by atoms with E-state index in [9.17, 15) is 9.59 Å². The lowest BCUT2D eigenvalue weighted by Gasteiger charge is -2.11. The Hall–Kier alpha value is -3.45. The summed E-state index contributed by atoms with van der Waals surface area (Å²) < 4.78 is 4.74. The summed E-state index contributed by atoms with van der Waals surface area (Å²) in [6.45, 7) is 1.75. The molecule has 0 aliphatic carbocycles. The van der Waals surface area contributed by atoms with Gasteiger partial charge in [-0.2, -0.15) is 0 Å². The third kappa shape index (κ3) is 4.44. The summed E-state index contributed by atoms with van der Waals surface area (Å²) in [5.74, 6) is -0.792. The lowest BCUT2D eigenvalue weighted by Crippen LogP contribution is -2.17. The first-order valence-corrected chi connectivity index (χ1v) is 8.71. The molecule has 0 atom stereocenters. The van der Waals surface area contributed by atoms with Gasteiger partial charge in [0.05, 0.1) is 29.1 Å². The Morgan fingerprint density at radius 2 is 1.68 bits per heavy atom. The number of rotatable bonds is 5. The van der Waals surface area contributed by atoms with Crippen LogP contribution in [0.5, 0.6) is 0 Å². The summed E-state index contributed by atoms with van der Waals surface area (Å²) in [6.07, 6.45) is 0. The van der Waals surface area contributed by atoms with Crippen molar-refractivity contribution in [2.45, 2.75) is 6.92 Å². The Balaban J connectivity index is 1.86. The molecule has 0 fully saturated rings. The maximum Gasteiger partial charge on any atom is 0.339 e. The largest absolute Gasteiger partial charge is 0.465 e. The second-order valence-electron chi connectivity index (χ2n) is 5.81. The van der Waals surface area contributed by atoms with E-state index in [4.69, 9.17) is 16.3 Å². The normalized spacial score (nSPS) is 10.2. The van der Waals surface area contributed by atoms with Gasteiger partial charge in [-0.15, -0.1) is 0 Å². The van der Waals surface area contributed by atoms with Gasteiger partial charge in [-0.05, 0) is 37.3 Å². The van der Waals surface area contributed by atoms with Crippen LogP contribution in [0.1, 0.15) is 26.5 Å². The molecule has 3 aromatic rings. The van der Waals surface area contributed by atoms with Gasteiger partial charge in [0.25, 0.3) is 5.91 Å². The Morgan fingerprint density at radius 3 is 2.39 bits per heavy atom. The number of esters is 1. The zero-order valence-corrected chi connectivity index (χ0v) is 15.9. The summed E-state index contributed by atoms with van der Waals surface area (Å²) >= 11 is 6.14. The van der Waals surface area contributed by atoms with E-state index in [-0.39, 0.29) is 17.2 Å². The quantitative estimate of drug-likeness (QED) is 0.627. The van der Waals surface area contributed by atoms with Gasteiger partial charge in [0.1, 0.15) is 5.69 Å². The molecule has 0 saturated carbocycles. The first-order valence-electron chi connectivity index (χ1n) is 8.34. The molecule has 1 aromatic heterocycles. The Morgan fingerprint density at radius 1 is 1.00 bits per heavy atom. The van der Waals surface area contributed by atoms with Gasteiger partial charge in [-0.25, -0.2) is 14.8 Å². The van der Waals surface area contributed by atoms with Gasteiger partial charge in [0.15, 0.2) is 0 Å². The third-order valence-electron chi connectivity index (χ3n) is 3.79. The number of aromatic nitrogens is 2. The number of halogens is 1. The minimum Gasteiger partial charge on any atom is -0.465 e. The number of carbonyl (C=O) groups is 2. The molecular formula is C20H17ClN4O3. The second-order valence-corrected chi connectivity index (χ2v) is 6.22. The Kier molecular flexibility index (Phi) is 5.86.